The van der Waals surface area contributed by atoms with Crippen LogP contribution < -0.4 is 5.43 Å². The van der Waals surface area contributed by atoms with Crippen LogP contribution in [0.3, 0.4) is 0 Å². The first-order chi connectivity index (χ1) is 10.7. The quantitative estimate of drug-likeness (QED) is 0.642. The van der Waals surface area contributed by atoms with E-state index in [1.165, 1.54) is 37.0 Å². The maximum atomic E-state index is 12.3. The molecule has 0 spiro atoms. The molecule has 1 heterocycles. The highest BCUT2D eigenvalue weighted by Crippen LogP contribution is 2.47. The summed E-state index contributed by atoms with van der Waals surface area (Å²) in [6, 6.07) is 7.78. The number of hydrogen-bond acceptors (Lipinski definition) is 3. The first-order valence-corrected chi connectivity index (χ1v) is 8.92. The molecule has 4 rings (SSSR count). The van der Waals surface area contributed by atoms with Gasteiger partial charge < -0.3 is 0 Å². The van der Waals surface area contributed by atoms with Crippen molar-refractivity contribution in [3.63, 3.8) is 0 Å². The van der Waals surface area contributed by atoms with Crippen LogP contribution in [0.25, 0.3) is 10.1 Å². The molecule has 114 valence electrons. The predicted octanol–water partition coefficient (Wildman–Crippen LogP) is 4.71. The molecule has 2 aromatic rings. The molecular formula is C17H17ClN2OS. The third-order valence-corrected chi connectivity index (χ3v) is 6.64. The molecule has 22 heavy (non-hydrogen) atoms. The summed E-state index contributed by atoms with van der Waals surface area (Å²) in [6.45, 7) is 0. The number of halogens is 1. The molecule has 1 N–H and O–H groups in total. The smallest absolute Gasteiger partial charge is 0.266 e. The van der Waals surface area contributed by atoms with Gasteiger partial charge in [0.25, 0.3) is 5.91 Å². The molecule has 0 unspecified atom stereocenters. The third kappa shape index (κ3) is 2.44. The number of nitrogens with zero attached hydrogens (tertiary/aromatic N) is 1. The Hall–Kier alpha value is -1.39. The van der Waals surface area contributed by atoms with E-state index in [0.717, 1.165) is 21.9 Å². The number of thiophene rings is 1. The number of carbonyl (C=O) groups excluding carboxylic acids is 1. The van der Waals surface area contributed by atoms with Crippen LogP contribution in [0, 0.1) is 17.8 Å². The first-order valence-electron chi connectivity index (χ1n) is 7.73. The van der Waals surface area contributed by atoms with Gasteiger partial charge in [0, 0.05) is 16.3 Å². The number of amides is 1. The van der Waals surface area contributed by atoms with Gasteiger partial charge in [-0.2, -0.15) is 5.10 Å². The van der Waals surface area contributed by atoms with Crippen molar-refractivity contribution >= 4 is 45.1 Å². The number of hydrazone groups is 1. The minimum atomic E-state index is -0.217. The van der Waals surface area contributed by atoms with Gasteiger partial charge in [-0.1, -0.05) is 36.2 Å². The van der Waals surface area contributed by atoms with Gasteiger partial charge >= 0.3 is 0 Å². The molecule has 0 saturated heterocycles. The summed E-state index contributed by atoms with van der Waals surface area (Å²) in [5.41, 5.74) is 2.64. The summed E-state index contributed by atoms with van der Waals surface area (Å²) in [5, 5.41) is 5.63. The molecule has 0 aliphatic heterocycles. The van der Waals surface area contributed by atoms with Crippen molar-refractivity contribution in [2.75, 3.05) is 0 Å². The van der Waals surface area contributed by atoms with Crippen LogP contribution in [-0.2, 0) is 0 Å². The molecule has 0 radical (unpaired) electrons. The summed E-state index contributed by atoms with van der Waals surface area (Å²) in [5.74, 6) is 1.98. The number of hydrogen-bond donors (Lipinski definition) is 1. The summed E-state index contributed by atoms with van der Waals surface area (Å²) in [4.78, 5) is 12.8. The summed E-state index contributed by atoms with van der Waals surface area (Å²) < 4.78 is 1.02. The van der Waals surface area contributed by atoms with Crippen LogP contribution in [0.4, 0.5) is 0 Å². The van der Waals surface area contributed by atoms with Crippen molar-refractivity contribution in [1.29, 1.82) is 0 Å². The highest BCUT2D eigenvalue weighted by atomic mass is 35.5. The van der Waals surface area contributed by atoms with E-state index >= 15 is 0 Å². The fourth-order valence-corrected chi connectivity index (χ4v) is 5.29. The zero-order chi connectivity index (χ0) is 15.1. The molecule has 2 saturated carbocycles. The number of fused-ring (bicyclic) bond motifs is 3. The summed E-state index contributed by atoms with van der Waals surface area (Å²) >= 11 is 7.72. The van der Waals surface area contributed by atoms with Crippen LogP contribution in [0.5, 0.6) is 0 Å². The summed E-state index contributed by atoms with van der Waals surface area (Å²) in [6.07, 6.45) is 7.19. The zero-order valence-corrected chi connectivity index (χ0v) is 13.7. The Balaban J connectivity index is 1.46. The molecular weight excluding hydrogens is 316 g/mol. The van der Waals surface area contributed by atoms with Crippen LogP contribution in [-0.4, -0.2) is 12.1 Å². The van der Waals surface area contributed by atoms with Crippen molar-refractivity contribution < 1.29 is 4.79 Å². The number of benzene rings is 1. The van der Waals surface area contributed by atoms with Crippen LogP contribution in [0.1, 0.15) is 35.4 Å². The fraction of sp³-hybridized carbons (Fsp3) is 0.412. The minimum absolute atomic E-state index is 0.217. The lowest BCUT2D eigenvalue weighted by Crippen LogP contribution is -2.19. The van der Waals surface area contributed by atoms with Crippen molar-refractivity contribution in [1.82, 2.24) is 5.43 Å². The number of nitrogens with one attached hydrogen (secondary N) is 1. The highest BCUT2D eigenvalue weighted by Gasteiger charge is 2.38. The van der Waals surface area contributed by atoms with Crippen LogP contribution in [0.15, 0.2) is 29.4 Å². The third-order valence-electron chi connectivity index (χ3n) is 4.97. The zero-order valence-electron chi connectivity index (χ0n) is 12.1. The maximum absolute atomic E-state index is 12.3. The normalized spacial score (nSPS) is 27.0. The van der Waals surface area contributed by atoms with Gasteiger partial charge in [-0.15, -0.1) is 11.3 Å². The Bertz CT molecular complexity index is 754. The SMILES string of the molecule is O=C(N/N=C\[C@@H]1C[C@@H]2CC[C@@H]1C2)c1sc2ccccc2c1Cl. The van der Waals surface area contributed by atoms with Crippen molar-refractivity contribution in [3.05, 3.63) is 34.2 Å². The molecule has 1 amide bonds. The van der Waals surface area contributed by atoms with Crippen molar-refractivity contribution in [2.24, 2.45) is 22.9 Å². The average molecular weight is 333 g/mol. The van der Waals surface area contributed by atoms with Gasteiger partial charge in [0.15, 0.2) is 0 Å². The Morgan fingerprint density at radius 3 is 2.91 bits per heavy atom. The second-order valence-corrected chi connectivity index (χ2v) is 7.73. The first kappa shape index (κ1) is 14.2. The Morgan fingerprint density at radius 1 is 1.32 bits per heavy atom. The van der Waals surface area contributed by atoms with Crippen molar-refractivity contribution in [2.45, 2.75) is 25.7 Å². The Kier molecular flexibility index (Phi) is 3.66. The molecule has 1 aromatic heterocycles. The lowest BCUT2D eigenvalue weighted by Gasteiger charge is -2.16. The molecule has 2 aliphatic rings. The molecule has 1 aromatic carbocycles. The van der Waals surface area contributed by atoms with E-state index in [1.807, 2.05) is 30.5 Å². The van der Waals surface area contributed by atoms with Crippen LogP contribution >= 0.6 is 22.9 Å². The topological polar surface area (TPSA) is 41.5 Å². The lowest BCUT2D eigenvalue weighted by molar-refractivity contribution is 0.0959. The average Bonchev–Trinajstić information content (AvgIpc) is 3.22. The van der Waals surface area contributed by atoms with E-state index < -0.39 is 0 Å². The monoisotopic (exact) mass is 332 g/mol. The van der Waals surface area contributed by atoms with Gasteiger partial charge in [-0.05, 0) is 43.1 Å². The minimum Gasteiger partial charge on any atom is -0.266 e. The molecule has 2 fully saturated rings. The Morgan fingerprint density at radius 2 is 2.18 bits per heavy atom. The standard InChI is InChI=1S/C17H17ClN2OS/c18-15-13-3-1-2-4-14(13)22-16(15)17(21)20-19-9-12-8-10-5-6-11(12)7-10/h1-4,9-12H,5-8H2,(H,20,21)/b19-9-/t10-,11-,12+/m1/s1. The van der Waals surface area contributed by atoms with E-state index in [1.54, 1.807) is 0 Å². The van der Waals surface area contributed by atoms with E-state index in [-0.39, 0.29) is 5.91 Å². The van der Waals surface area contributed by atoms with E-state index in [4.69, 9.17) is 11.6 Å². The van der Waals surface area contributed by atoms with E-state index in [0.29, 0.717) is 15.8 Å². The van der Waals surface area contributed by atoms with E-state index in [2.05, 4.69) is 10.5 Å². The molecule has 3 atom stereocenters. The van der Waals surface area contributed by atoms with Crippen molar-refractivity contribution in [3.8, 4) is 0 Å². The van der Waals surface area contributed by atoms with Gasteiger partial charge in [-0.25, -0.2) is 5.43 Å². The Labute approximate surface area is 138 Å². The predicted molar refractivity (Wildman–Crippen MR) is 91.7 cm³/mol. The largest absolute Gasteiger partial charge is 0.282 e. The van der Waals surface area contributed by atoms with Gasteiger partial charge in [0.1, 0.15) is 4.88 Å². The maximum Gasteiger partial charge on any atom is 0.282 e. The van der Waals surface area contributed by atoms with Gasteiger partial charge in [-0.3, -0.25) is 4.79 Å². The lowest BCUT2D eigenvalue weighted by atomic mass is 9.90. The number of carbonyl (C=O) groups is 1. The molecule has 3 nitrogen and oxygen atoms in total. The van der Waals surface area contributed by atoms with Crippen LogP contribution in [0.2, 0.25) is 5.02 Å². The fourth-order valence-electron chi connectivity index (χ4n) is 3.88. The second-order valence-electron chi connectivity index (χ2n) is 6.30. The molecule has 5 heteroatoms. The number of rotatable bonds is 3. The molecule has 2 aliphatic carbocycles. The highest BCUT2D eigenvalue weighted by molar-refractivity contribution is 7.21. The molecule has 2 bridgehead atoms. The van der Waals surface area contributed by atoms with Gasteiger partial charge in [0.2, 0.25) is 0 Å². The van der Waals surface area contributed by atoms with E-state index in [9.17, 15) is 4.79 Å². The van der Waals surface area contributed by atoms with Gasteiger partial charge in [0.05, 0.1) is 5.02 Å². The second kappa shape index (κ2) is 5.67. The summed E-state index contributed by atoms with van der Waals surface area (Å²) in [7, 11) is 0.